The van der Waals surface area contributed by atoms with Gasteiger partial charge in [-0.25, -0.2) is 0 Å². The van der Waals surface area contributed by atoms with Gasteiger partial charge < -0.3 is 4.57 Å². The molecule has 1 heterocycles. The Morgan fingerprint density at radius 3 is 2.62 bits per heavy atom. The Labute approximate surface area is 78.9 Å². The van der Waals surface area contributed by atoms with Gasteiger partial charge in [-0.15, -0.1) is 0 Å². The Hall–Kier alpha value is -1.31. The molecule has 0 saturated carbocycles. The second kappa shape index (κ2) is 4.08. The summed E-state index contributed by atoms with van der Waals surface area (Å²) < 4.78 is 2.00. The van der Waals surface area contributed by atoms with Crippen molar-refractivity contribution < 1.29 is 4.79 Å². The number of hydrogen-bond donors (Lipinski definition) is 0. The van der Waals surface area contributed by atoms with Gasteiger partial charge in [0.05, 0.1) is 0 Å². The molecule has 1 rings (SSSR count). The predicted molar refractivity (Wildman–Crippen MR) is 53.9 cm³/mol. The molecule has 0 amide bonds. The van der Waals surface area contributed by atoms with Gasteiger partial charge in [-0.1, -0.05) is 11.6 Å². The molecule has 0 aromatic carbocycles. The van der Waals surface area contributed by atoms with Crippen LogP contribution in [0, 0.1) is 0 Å². The van der Waals surface area contributed by atoms with Crippen molar-refractivity contribution >= 4 is 5.78 Å². The van der Waals surface area contributed by atoms with Crippen LogP contribution in [0.4, 0.5) is 0 Å². The van der Waals surface area contributed by atoms with Gasteiger partial charge in [-0.3, -0.25) is 4.79 Å². The maximum absolute atomic E-state index is 11.0. The van der Waals surface area contributed by atoms with Gasteiger partial charge in [0.25, 0.3) is 0 Å². The number of carbonyl (C=O) groups excluding carboxylic acids is 1. The van der Waals surface area contributed by atoms with Crippen LogP contribution in [-0.4, -0.2) is 10.4 Å². The largest absolute Gasteiger partial charge is 0.350 e. The zero-order valence-electron chi connectivity index (χ0n) is 8.37. The lowest BCUT2D eigenvalue weighted by atomic mass is 10.2. The molecule has 0 spiro atoms. The summed E-state index contributed by atoms with van der Waals surface area (Å²) in [6.45, 7) is 6.56. The Balaban J connectivity index is 2.70. The second-order valence-electron chi connectivity index (χ2n) is 3.43. The van der Waals surface area contributed by atoms with E-state index in [-0.39, 0.29) is 5.78 Å². The van der Waals surface area contributed by atoms with Crippen molar-refractivity contribution in [3.8, 4) is 0 Å². The van der Waals surface area contributed by atoms with Crippen LogP contribution in [0.25, 0.3) is 0 Å². The zero-order chi connectivity index (χ0) is 9.84. The summed E-state index contributed by atoms with van der Waals surface area (Å²) in [7, 11) is 0. The lowest BCUT2D eigenvalue weighted by Crippen LogP contribution is -1.92. The minimum absolute atomic E-state index is 0.121. The number of allylic oxidation sites excluding steroid dienone is 2. The molecule has 0 bridgehead atoms. The summed E-state index contributed by atoms with van der Waals surface area (Å²) in [5.41, 5.74) is 2.07. The molecule has 0 unspecified atom stereocenters. The van der Waals surface area contributed by atoms with Gasteiger partial charge in [0, 0.05) is 24.5 Å². The molecule has 0 aliphatic carbocycles. The topological polar surface area (TPSA) is 22.0 Å². The quantitative estimate of drug-likeness (QED) is 0.514. The number of ketones is 1. The van der Waals surface area contributed by atoms with Crippen molar-refractivity contribution in [2.24, 2.45) is 0 Å². The third kappa shape index (κ3) is 2.90. The molecule has 70 valence electrons. The third-order valence-corrected chi connectivity index (χ3v) is 1.87. The van der Waals surface area contributed by atoms with Crippen LogP contribution >= 0.6 is 0 Å². The van der Waals surface area contributed by atoms with Crippen LogP contribution < -0.4 is 0 Å². The standard InChI is InChI=1S/C11H15NO/c1-9(2)4-6-12-7-5-11(8-12)10(3)13/h4-5,7-8H,6H2,1-3H3. The molecule has 2 nitrogen and oxygen atoms in total. The highest BCUT2D eigenvalue weighted by Crippen LogP contribution is 2.03. The van der Waals surface area contributed by atoms with E-state index in [1.807, 2.05) is 23.0 Å². The van der Waals surface area contributed by atoms with Crippen molar-refractivity contribution in [2.75, 3.05) is 0 Å². The molecule has 0 atom stereocenters. The van der Waals surface area contributed by atoms with Crippen LogP contribution in [0.1, 0.15) is 31.1 Å². The molecule has 0 radical (unpaired) electrons. The highest BCUT2D eigenvalue weighted by molar-refractivity contribution is 5.93. The second-order valence-corrected chi connectivity index (χ2v) is 3.43. The first-order valence-corrected chi connectivity index (χ1v) is 4.39. The van der Waals surface area contributed by atoms with E-state index < -0.39 is 0 Å². The Kier molecular flexibility index (Phi) is 3.07. The van der Waals surface area contributed by atoms with Crippen molar-refractivity contribution in [1.29, 1.82) is 0 Å². The van der Waals surface area contributed by atoms with Crippen molar-refractivity contribution in [3.05, 3.63) is 35.7 Å². The highest BCUT2D eigenvalue weighted by atomic mass is 16.1. The van der Waals surface area contributed by atoms with E-state index in [2.05, 4.69) is 19.9 Å². The molecule has 1 aromatic rings. The van der Waals surface area contributed by atoms with E-state index in [4.69, 9.17) is 0 Å². The van der Waals surface area contributed by atoms with E-state index in [1.165, 1.54) is 5.57 Å². The molecular formula is C11H15NO. The fourth-order valence-corrected chi connectivity index (χ4v) is 1.05. The minimum Gasteiger partial charge on any atom is -0.350 e. The fraction of sp³-hybridized carbons (Fsp3) is 0.364. The first kappa shape index (κ1) is 9.78. The molecule has 13 heavy (non-hydrogen) atoms. The summed E-state index contributed by atoms with van der Waals surface area (Å²) >= 11 is 0. The Morgan fingerprint density at radius 2 is 2.15 bits per heavy atom. The summed E-state index contributed by atoms with van der Waals surface area (Å²) in [6, 6.07) is 1.85. The predicted octanol–water partition coefficient (Wildman–Crippen LogP) is 2.66. The SMILES string of the molecule is CC(=O)c1ccn(CC=C(C)C)c1. The Bertz CT molecular complexity index is 330. The van der Waals surface area contributed by atoms with Gasteiger partial charge >= 0.3 is 0 Å². The summed E-state index contributed by atoms with van der Waals surface area (Å²) in [4.78, 5) is 11.0. The number of Topliss-reactive ketones (excluding diaryl/α,β-unsaturated/α-hetero) is 1. The van der Waals surface area contributed by atoms with Gasteiger partial charge in [0.1, 0.15) is 0 Å². The van der Waals surface area contributed by atoms with E-state index in [1.54, 1.807) is 6.92 Å². The van der Waals surface area contributed by atoms with Crippen LogP contribution in [-0.2, 0) is 6.54 Å². The number of carbonyl (C=O) groups is 1. The minimum atomic E-state index is 0.121. The van der Waals surface area contributed by atoms with Crippen LogP contribution in [0.15, 0.2) is 30.1 Å². The lowest BCUT2D eigenvalue weighted by molar-refractivity contribution is 0.101. The summed E-state index contributed by atoms with van der Waals surface area (Å²) in [6.07, 6.45) is 5.93. The lowest BCUT2D eigenvalue weighted by Gasteiger charge is -1.96. The van der Waals surface area contributed by atoms with Crippen LogP contribution in [0.5, 0.6) is 0 Å². The highest BCUT2D eigenvalue weighted by Gasteiger charge is 1.99. The summed E-state index contributed by atoms with van der Waals surface area (Å²) in [5, 5.41) is 0. The van der Waals surface area contributed by atoms with Gasteiger partial charge in [0.15, 0.2) is 5.78 Å². The third-order valence-electron chi connectivity index (χ3n) is 1.87. The number of nitrogens with zero attached hydrogens (tertiary/aromatic N) is 1. The average molecular weight is 177 g/mol. The molecule has 0 saturated heterocycles. The first-order chi connectivity index (χ1) is 6.09. The summed E-state index contributed by atoms with van der Waals surface area (Å²) in [5.74, 6) is 0.121. The van der Waals surface area contributed by atoms with Gasteiger partial charge in [-0.05, 0) is 26.8 Å². The molecule has 0 fully saturated rings. The van der Waals surface area contributed by atoms with Crippen LogP contribution in [0.2, 0.25) is 0 Å². The van der Waals surface area contributed by atoms with E-state index >= 15 is 0 Å². The molecule has 2 heteroatoms. The monoisotopic (exact) mass is 177 g/mol. The number of aromatic nitrogens is 1. The van der Waals surface area contributed by atoms with Crippen LogP contribution in [0.3, 0.4) is 0 Å². The molecule has 1 aromatic heterocycles. The average Bonchev–Trinajstić information content (AvgIpc) is 2.48. The van der Waals surface area contributed by atoms with Gasteiger partial charge in [0.2, 0.25) is 0 Å². The normalized spacial score (nSPS) is 9.77. The maximum Gasteiger partial charge on any atom is 0.161 e. The molecule has 0 aliphatic heterocycles. The first-order valence-electron chi connectivity index (χ1n) is 4.39. The molecule has 0 aliphatic rings. The Morgan fingerprint density at radius 1 is 1.46 bits per heavy atom. The van der Waals surface area contributed by atoms with Crippen molar-refractivity contribution in [3.63, 3.8) is 0 Å². The fourth-order valence-electron chi connectivity index (χ4n) is 1.05. The van der Waals surface area contributed by atoms with Gasteiger partial charge in [-0.2, -0.15) is 0 Å². The zero-order valence-corrected chi connectivity index (χ0v) is 8.37. The maximum atomic E-state index is 11.0. The molecule has 0 N–H and O–H groups in total. The van der Waals surface area contributed by atoms with E-state index in [0.717, 1.165) is 12.1 Å². The number of hydrogen-bond acceptors (Lipinski definition) is 1. The number of rotatable bonds is 3. The van der Waals surface area contributed by atoms with Crippen molar-refractivity contribution in [1.82, 2.24) is 4.57 Å². The van der Waals surface area contributed by atoms with E-state index in [9.17, 15) is 4.79 Å². The smallest absolute Gasteiger partial charge is 0.161 e. The molecular weight excluding hydrogens is 162 g/mol. The van der Waals surface area contributed by atoms with Crippen molar-refractivity contribution in [2.45, 2.75) is 27.3 Å². The van der Waals surface area contributed by atoms with E-state index in [0.29, 0.717) is 0 Å².